The molecule has 1 aromatic rings. The van der Waals surface area contributed by atoms with Gasteiger partial charge in [0.15, 0.2) is 17.3 Å². The van der Waals surface area contributed by atoms with Crippen molar-refractivity contribution in [3.05, 3.63) is 46.3 Å². The molecule has 2 aliphatic rings. The molecule has 7 nitrogen and oxygen atoms in total. The average molecular weight is 401 g/mol. The second-order valence-electron chi connectivity index (χ2n) is 6.98. The molecule has 0 radical (unpaired) electrons. The van der Waals surface area contributed by atoms with E-state index in [4.69, 9.17) is 18.9 Å². The van der Waals surface area contributed by atoms with Crippen molar-refractivity contribution in [1.82, 2.24) is 5.32 Å². The molecule has 0 aromatic heterocycles. The van der Waals surface area contributed by atoms with Crippen molar-refractivity contribution in [1.29, 1.82) is 0 Å². The number of methoxy groups -OCH3 is 3. The minimum Gasteiger partial charge on any atom is -0.493 e. The van der Waals surface area contributed by atoms with Crippen LogP contribution in [0.2, 0.25) is 0 Å². The Kier molecular flexibility index (Phi) is 6.59. The van der Waals surface area contributed by atoms with Crippen LogP contribution in [0.5, 0.6) is 11.5 Å². The number of para-hydroxylation sites is 1. The zero-order chi connectivity index (χ0) is 21.0. The fourth-order valence-electron chi connectivity index (χ4n) is 4.00. The van der Waals surface area contributed by atoms with Crippen LogP contribution in [0.3, 0.4) is 0 Å². The summed E-state index contributed by atoms with van der Waals surface area (Å²) in [6.07, 6.45) is 2.00. The molecule has 0 fully saturated rings. The zero-order valence-corrected chi connectivity index (χ0v) is 17.3. The van der Waals surface area contributed by atoms with E-state index in [0.29, 0.717) is 46.9 Å². The van der Waals surface area contributed by atoms with Gasteiger partial charge in [-0.1, -0.05) is 12.1 Å². The Bertz CT molecular complexity index is 870. The van der Waals surface area contributed by atoms with Gasteiger partial charge in [-0.25, -0.2) is 4.79 Å². The predicted molar refractivity (Wildman–Crippen MR) is 107 cm³/mol. The zero-order valence-electron chi connectivity index (χ0n) is 17.3. The Hall–Kier alpha value is -2.80. The standard InChI is InChI=1S/C22H27NO6/c1-13-18(22(25)29-12-11-26-2)19(20-15(23-13)8-6-9-16(20)24)14-7-5-10-17(27-3)21(14)28-4/h5,7,10,19,23H,6,8-9,11-12H2,1-4H3. The summed E-state index contributed by atoms with van der Waals surface area (Å²) in [6, 6.07) is 5.48. The Morgan fingerprint density at radius 3 is 2.62 bits per heavy atom. The lowest BCUT2D eigenvalue weighted by Crippen LogP contribution is -2.34. The van der Waals surface area contributed by atoms with Gasteiger partial charge in [-0.15, -0.1) is 0 Å². The van der Waals surface area contributed by atoms with Gasteiger partial charge in [0.2, 0.25) is 0 Å². The highest BCUT2D eigenvalue weighted by molar-refractivity contribution is 6.04. The van der Waals surface area contributed by atoms with E-state index in [9.17, 15) is 9.59 Å². The average Bonchev–Trinajstić information content (AvgIpc) is 2.72. The number of esters is 1. The first kappa shape index (κ1) is 20.9. The van der Waals surface area contributed by atoms with E-state index in [1.54, 1.807) is 27.4 Å². The third kappa shape index (κ3) is 4.00. The number of allylic oxidation sites excluding steroid dienone is 3. The van der Waals surface area contributed by atoms with Gasteiger partial charge in [0.25, 0.3) is 0 Å². The van der Waals surface area contributed by atoms with Crippen LogP contribution >= 0.6 is 0 Å². The number of dihydropyridines is 1. The number of benzene rings is 1. The molecule has 0 spiro atoms. The number of hydrogen-bond donors (Lipinski definition) is 1. The highest BCUT2D eigenvalue weighted by Gasteiger charge is 2.40. The van der Waals surface area contributed by atoms with Gasteiger partial charge in [-0.2, -0.15) is 0 Å². The summed E-state index contributed by atoms with van der Waals surface area (Å²) in [5, 5.41) is 3.27. The normalized spacial score (nSPS) is 18.9. The molecule has 1 unspecified atom stereocenters. The van der Waals surface area contributed by atoms with Crippen LogP contribution in [-0.2, 0) is 19.1 Å². The molecule has 1 heterocycles. The highest BCUT2D eigenvalue weighted by Crippen LogP contribution is 2.47. The monoisotopic (exact) mass is 401 g/mol. The summed E-state index contributed by atoms with van der Waals surface area (Å²) < 4.78 is 21.5. The molecular formula is C22H27NO6. The molecule has 1 aliphatic heterocycles. The number of ether oxygens (including phenoxy) is 4. The van der Waals surface area contributed by atoms with Crippen molar-refractivity contribution in [3.63, 3.8) is 0 Å². The Morgan fingerprint density at radius 2 is 1.93 bits per heavy atom. The van der Waals surface area contributed by atoms with E-state index < -0.39 is 11.9 Å². The first-order valence-electron chi connectivity index (χ1n) is 9.64. The summed E-state index contributed by atoms with van der Waals surface area (Å²) in [4.78, 5) is 26.0. The largest absolute Gasteiger partial charge is 0.493 e. The molecule has 7 heteroatoms. The number of ketones is 1. The molecule has 29 heavy (non-hydrogen) atoms. The summed E-state index contributed by atoms with van der Waals surface area (Å²) in [5.74, 6) is 0.00937. The summed E-state index contributed by atoms with van der Waals surface area (Å²) in [6.45, 7) is 2.26. The molecule has 1 aliphatic carbocycles. The van der Waals surface area contributed by atoms with Crippen LogP contribution in [-0.4, -0.2) is 46.3 Å². The van der Waals surface area contributed by atoms with E-state index in [1.165, 1.54) is 0 Å². The molecule has 0 saturated heterocycles. The minimum atomic E-state index is -0.584. The van der Waals surface area contributed by atoms with E-state index in [-0.39, 0.29) is 12.4 Å². The van der Waals surface area contributed by atoms with Crippen molar-refractivity contribution < 1.29 is 28.5 Å². The molecule has 1 N–H and O–H groups in total. The SMILES string of the molecule is COCCOC(=O)C1=C(C)NC2=C(C(=O)CCC2)C1c1cccc(OC)c1OC. The van der Waals surface area contributed by atoms with Crippen molar-refractivity contribution in [2.24, 2.45) is 0 Å². The smallest absolute Gasteiger partial charge is 0.336 e. The van der Waals surface area contributed by atoms with Crippen molar-refractivity contribution in [3.8, 4) is 11.5 Å². The number of Topliss-reactive ketones (excluding diaryl/α,β-unsaturated/α-hetero) is 1. The van der Waals surface area contributed by atoms with Crippen molar-refractivity contribution in [2.75, 3.05) is 34.5 Å². The number of nitrogens with one attached hydrogen (secondary N) is 1. The van der Waals surface area contributed by atoms with Gasteiger partial charge in [-0.05, 0) is 25.8 Å². The lowest BCUT2D eigenvalue weighted by atomic mass is 9.75. The molecular weight excluding hydrogens is 374 g/mol. The van der Waals surface area contributed by atoms with Gasteiger partial charge in [0.1, 0.15) is 6.61 Å². The number of carbonyl (C=O) groups is 2. The molecule has 1 atom stereocenters. The van der Waals surface area contributed by atoms with Crippen molar-refractivity contribution in [2.45, 2.75) is 32.1 Å². The Balaban J connectivity index is 2.15. The predicted octanol–water partition coefficient (Wildman–Crippen LogP) is 2.86. The number of carbonyl (C=O) groups excluding carboxylic acids is 2. The fourth-order valence-corrected chi connectivity index (χ4v) is 4.00. The first-order chi connectivity index (χ1) is 14.0. The lowest BCUT2D eigenvalue weighted by Gasteiger charge is -2.34. The van der Waals surface area contributed by atoms with Gasteiger partial charge in [0, 0.05) is 36.1 Å². The Morgan fingerprint density at radius 1 is 1.14 bits per heavy atom. The maximum Gasteiger partial charge on any atom is 0.336 e. The lowest BCUT2D eigenvalue weighted by molar-refractivity contribution is -0.140. The van der Waals surface area contributed by atoms with Gasteiger partial charge >= 0.3 is 5.97 Å². The van der Waals surface area contributed by atoms with Crippen LogP contribution in [0.15, 0.2) is 40.7 Å². The maximum absolute atomic E-state index is 13.0. The van der Waals surface area contributed by atoms with Crippen LogP contribution in [0.4, 0.5) is 0 Å². The third-order valence-corrected chi connectivity index (χ3v) is 5.26. The fraction of sp³-hybridized carbons (Fsp3) is 0.455. The van der Waals surface area contributed by atoms with E-state index >= 15 is 0 Å². The van der Waals surface area contributed by atoms with Gasteiger partial charge < -0.3 is 24.3 Å². The van der Waals surface area contributed by atoms with E-state index in [0.717, 1.165) is 18.5 Å². The summed E-state index contributed by atoms with van der Waals surface area (Å²) >= 11 is 0. The summed E-state index contributed by atoms with van der Waals surface area (Å²) in [7, 11) is 4.65. The second-order valence-corrected chi connectivity index (χ2v) is 6.98. The van der Waals surface area contributed by atoms with Crippen LogP contribution in [0.1, 0.15) is 37.7 Å². The maximum atomic E-state index is 13.0. The van der Waals surface area contributed by atoms with Crippen LogP contribution in [0, 0.1) is 0 Å². The van der Waals surface area contributed by atoms with Crippen LogP contribution < -0.4 is 14.8 Å². The first-order valence-corrected chi connectivity index (χ1v) is 9.64. The molecule has 3 rings (SSSR count). The van der Waals surface area contributed by atoms with Gasteiger partial charge in [-0.3, -0.25) is 4.79 Å². The minimum absolute atomic E-state index is 0.0308. The molecule has 1 aromatic carbocycles. The van der Waals surface area contributed by atoms with E-state index in [1.807, 2.05) is 19.1 Å². The Labute approximate surface area is 170 Å². The molecule has 0 bridgehead atoms. The summed E-state index contributed by atoms with van der Waals surface area (Å²) in [5.41, 5.74) is 3.25. The number of rotatable bonds is 7. The topological polar surface area (TPSA) is 83.1 Å². The van der Waals surface area contributed by atoms with Crippen molar-refractivity contribution >= 4 is 11.8 Å². The molecule has 0 saturated carbocycles. The van der Waals surface area contributed by atoms with E-state index in [2.05, 4.69) is 5.32 Å². The third-order valence-electron chi connectivity index (χ3n) is 5.26. The van der Waals surface area contributed by atoms with Gasteiger partial charge in [0.05, 0.1) is 32.3 Å². The van der Waals surface area contributed by atoms with Crippen LogP contribution in [0.25, 0.3) is 0 Å². The molecule has 156 valence electrons. The second kappa shape index (κ2) is 9.13. The quantitative estimate of drug-likeness (QED) is 0.556. The highest BCUT2D eigenvalue weighted by atomic mass is 16.6. The number of hydrogen-bond acceptors (Lipinski definition) is 7. The molecule has 0 amide bonds.